The van der Waals surface area contributed by atoms with Crippen molar-refractivity contribution < 1.29 is 22.7 Å². The minimum absolute atomic E-state index is 0.0211. The van der Waals surface area contributed by atoms with Crippen molar-refractivity contribution in [1.29, 1.82) is 0 Å². The molecule has 1 fully saturated rings. The minimum atomic E-state index is -3.68. The van der Waals surface area contributed by atoms with Gasteiger partial charge < -0.3 is 20.7 Å². The Hall–Kier alpha value is -2.73. The predicted octanol–water partition coefficient (Wildman–Crippen LogP) is 2.50. The first kappa shape index (κ1) is 28.8. The maximum Gasteiger partial charge on any atom is 0.245 e. The molecule has 11 heteroatoms. The Bertz CT molecular complexity index is 1230. The quantitative estimate of drug-likeness (QED) is 0.235. The van der Waals surface area contributed by atoms with Crippen LogP contribution in [0.15, 0.2) is 57.9 Å². The molecule has 0 spiro atoms. The summed E-state index contributed by atoms with van der Waals surface area (Å²) >= 11 is 3.43. The zero-order valence-corrected chi connectivity index (χ0v) is 23.4. The molecule has 0 bridgehead atoms. The second-order valence-corrected chi connectivity index (χ2v) is 11.4. The molecule has 1 aliphatic heterocycles. The summed E-state index contributed by atoms with van der Waals surface area (Å²) in [6.07, 6.45) is 3.86. The normalized spacial score (nSPS) is 15.3. The zero-order chi connectivity index (χ0) is 26.9. The third kappa shape index (κ3) is 8.13. The van der Waals surface area contributed by atoms with Gasteiger partial charge in [0.15, 0.2) is 0 Å². The van der Waals surface area contributed by atoms with E-state index in [1.165, 1.54) is 18.2 Å². The lowest BCUT2D eigenvalue weighted by Crippen LogP contribution is -2.63. The molecule has 0 atom stereocenters. The Kier molecular flexibility index (Phi) is 10.3. The second kappa shape index (κ2) is 13.2. The van der Waals surface area contributed by atoms with E-state index >= 15 is 0 Å². The third-order valence-electron chi connectivity index (χ3n) is 5.97. The van der Waals surface area contributed by atoms with Gasteiger partial charge in [-0.25, -0.2) is 13.1 Å². The fourth-order valence-electron chi connectivity index (χ4n) is 3.97. The first-order chi connectivity index (χ1) is 17.6. The smallest absolute Gasteiger partial charge is 0.245 e. The summed E-state index contributed by atoms with van der Waals surface area (Å²) < 4.78 is 33.9. The van der Waals surface area contributed by atoms with Gasteiger partial charge in [0.1, 0.15) is 11.3 Å². The van der Waals surface area contributed by atoms with Crippen LogP contribution in [0.5, 0.6) is 5.75 Å². The van der Waals surface area contributed by atoms with Crippen molar-refractivity contribution in [1.82, 2.24) is 20.7 Å². The molecule has 0 saturated carbocycles. The summed E-state index contributed by atoms with van der Waals surface area (Å²) in [6.45, 7) is 5.49. The Labute approximate surface area is 226 Å². The van der Waals surface area contributed by atoms with Crippen LogP contribution in [0.25, 0.3) is 6.08 Å². The highest BCUT2D eigenvalue weighted by Crippen LogP contribution is 2.25. The molecule has 0 unspecified atom stereocenters. The molecule has 1 saturated heterocycles. The topological polar surface area (TPSA) is 126 Å². The van der Waals surface area contributed by atoms with Gasteiger partial charge in [-0.15, -0.1) is 0 Å². The van der Waals surface area contributed by atoms with Gasteiger partial charge in [-0.05, 0) is 76.2 Å². The SMILES string of the molecule is CCOc1ccc(Br)cc1/C=C/C(=O)NC1(C(=O)NCCNS(=O)(=O)c2ccc(C)cc2)CCNCC1. The van der Waals surface area contributed by atoms with Crippen molar-refractivity contribution in [3.05, 3.63) is 64.1 Å². The van der Waals surface area contributed by atoms with E-state index in [1.807, 2.05) is 32.0 Å². The molecule has 2 aromatic rings. The summed E-state index contributed by atoms with van der Waals surface area (Å²) in [4.78, 5) is 26.2. The van der Waals surface area contributed by atoms with Crippen LogP contribution in [0, 0.1) is 6.92 Å². The van der Waals surface area contributed by atoms with Crippen LogP contribution >= 0.6 is 15.9 Å². The number of ether oxygens (including phenoxy) is 1. The summed E-state index contributed by atoms with van der Waals surface area (Å²) in [5, 5.41) is 8.87. The number of nitrogens with one attached hydrogen (secondary N) is 4. The van der Waals surface area contributed by atoms with Crippen molar-refractivity contribution in [2.75, 3.05) is 32.8 Å². The zero-order valence-electron chi connectivity index (χ0n) is 21.0. The van der Waals surface area contributed by atoms with Crippen molar-refractivity contribution in [3.8, 4) is 5.75 Å². The lowest BCUT2D eigenvalue weighted by molar-refractivity contribution is -0.133. The van der Waals surface area contributed by atoms with E-state index in [9.17, 15) is 18.0 Å². The van der Waals surface area contributed by atoms with Crippen LogP contribution in [0.4, 0.5) is 0 Å². The molecule has 1 aliphatic rings. The van der Waals surface area contributed by atoms with E-state index in [1.54, 1.807) is 18.2 Å². The molecule has 37 heavy (non-hydrogen) atoms. The molecule has 4 N–H and O–H groups in total. The maximum absolute atomic E-state index is 13.2. The van der Waals surface area contributed by atoms with Crippen molar-refractivity contribution in [2.24, 2.45) is 0 Å². The number of benzene rings is 2. The standard InChI is InChI=1S/C26H33BrN4O5S/c1-3-36-23-10-7-21(27)18-20(23)6-11-24(32)31-26(12-14-28-15-13-26)25(33)29-16-17-30-37(34,35)22-8-4-19(2)5-9-22/h4-11,18,28,30H,3,12-17H2,1-2H3,(H,29,33)(H,31,32)/b11-6+. The highest BCUT2D eigenvalue weighted by Gasteiger charge is 2.40. The number of piperidine rings is 1. The Morgan fingerprint density at radius 3 is 2.49 bits per heavy atom. The highest BCUT2D eigenvalue weighted by molar-refractivity contribution is 9.10. The number of rotatable bonds is 11. The predicted molar refractivity (Wildman–Crippen MR) is 147 cm³/mol. The van der Waals surface area contributed by atoms with E-state index in [2.05, 4.69) is 36.6 Å². The fraction of sp³-hybridized carbons (Fsp3) is 0.385. The monoisotopic (exact) mass is 592 g/mol. The molecule has 1 heterocycles. The second-order valence-electron chi connectivity index (χ2n) is 8.74. The number of halogens is 1. The lowest BCUT2D eigenvalue weighted by atomic mass is 9.87. The van der Waals surface area contributed by atoms with Crippen molar-refractivity contribution in [2.45, 2.75) is 37.1 Å². The van der Waals surface area contributed by atoms with Crippen LogP contribution in [0.3, 0.4) is 0 Å². The van der Waals surface area contributed by atoms with Gasteiger partial charge in [0.05, 0.1) is 11.5 Å². The van der Waals surface area contributed by atoms with Gasteiger partial charge in [-0.3, -0.25) is 9.59 Å². The average Bonchev–Trinajstić information content (AvgIpc) is 2.87. The lowest BCUT2D eigenvalue weighted by Gasteiger charge is -2.36. The van der Waals surface area contributed by atoms with Gasteiger partial charge >= 0.3 is 0 Å². The van der Waals surface area contributed by atoms with Crippen LogP contribution in [0.2, 0.25) is 0 Å². The molecule has 200 valence electrons. The molecular weight excluding hydrogens is 560 g/mol. The van der Waals surface area contributed by atoms with Crippen molar-refractivity contribution >= 4 is 43.8 Å². The number of hydrogen-bond donors (Lipinski definition) is 4. The Morgan fingerprint density at radius 1 is 1.11 bits per heavy atom. The minimum Gasteiger partial charge on any atom is -0.493 e. The van der Waals surface area contributed by atoms with Gasteiger partial charge in [0.2, 0.25) is 21.8 Å². The molecule has 0 aliphatic carbocycles. The van der Waals surface area contributed by atoms with Crippen LogP contribution in [-0.2, 0) is 19.6 Å². The van der Waals surface area contributed by atoms with Crippen LogP contribution in [0.1, 0.15) is 30.9 Å². The number of carbonyl (C=O) groups excluding carboxylic acids is 2. The molecular formula is C26H33BrN4O5S. The third-order valence-corrected chi connectivity index (χ3v) is 7.94. The van der Waals surface area contributed by atoms with Gasteiger partial charge in [0, 0.05) is 29.2 Å². The fourth-order valence-corrected chi connectivity index (χ4v) is 5.38. The van der Waals surface area contributed by atoms with E-state index in [-0.39, 0.29) is 23.9 Å². The van der Waals surface area contributed by atoms with Crippen LogP contribution in [-0.4, -0.2) is 58.6 Å². The molecule has 2 amide bonds. The van der Waals surface area contributed by atoms with E-state index in [0.717, 1.165) is 15.6 Å². The highest BCUT2D eigenvalue weighted by atomic mass is 79.9. The van der Waals surface area contributed by atoms with E-state index < -0.39 is 21.5 Å². The molecule has 9 nitrogen and oxygen atoms in total. The molecule has 0 radical (unpaired) electrons. The van der Waals surface area contributed by atoms with Gasteiger partial charge in [-0.1, -0.05) is 33.6 Å². The number of hydrogen-bond acceptors (Lipinski definition) is 6. The average molecular weight is 594 g/mol. The van der Waals surface area contributed by atoms with Crippen LogP contribution < -0.4 is 25.4 Å². The summed E-state index contributed by atoms with van der Waals surface area (Å²) in [5.74, 6) is -0.0977. The first-order valence-corrected chi connectivity index (χ1v) is 14.4. The summed E-state index contributed by atoms with van der Waals surface area (Å²) in [7, 11) is -3.68. The molecule has 0 aromatic heterocycles. The summed E-state index contributed by atoms with van der Waals surface area (Å²) in [5.41, 5.74) is 0.598. The summed E-state index contributed by atoms with van der Waals surface area (Å²) in [6, 6.07) is 12.0. The largest absolute Gasteiger partial charge is 0.493 e. The molecule has 2 aromatic carbocycles. The number of carbonyl (C=O) groups is 2. The number of amides is 2. The maximum atomic E-state index is 13.2. The van der Waals surface area contributed by atoms with E-state index in [0.29, 0.717) is 38.3 Å². The Morgan fingerprint density at radius 2 is 1.81 bits per heavy atom. The number of aryl methyl sites for hydroxylation is 1. The van der Waals surface area contributed by atoms with Gasteiger partial charge in [-0.2, -0.15) is 0 Å². The first-order valence-electron chi connectivity index (χ1n) is 12.1. The Balaban J connectivity index is 1.61. The molecule has 3 rings (SSSR count). The van der Waals surface area contributed by atoms with Gasteiger partial charge in [0.25, 0.3) is 0 Å². The number of sulfonamides is 1. The van der Waals surface area contributed by atoms with E-state index in [4.69, 9.17) is 4.74 Å². The van der Waals surface area contributed by atoms with Crippen molar-refractivity contribution in [3.63, 3.8) is 0 Å².